The van der Waals surface area contributed by atoms with Crippen molar-refractivity contribution in [3.05, 3.63) is 29.3 Å². The van der Waals surface area contributed by atoms with Gasteiger partial charge in [-0.3, -0.25) is 4.79 Å². The Labute approximate surface area is 132 Å². The third-order valence-corrected chi connectivity index (χ3v) is 4.05. The predicted molar refractivity (Wildman–Crippen MR) is 82.7 cm³/mol. The van der Waals surface area contributed by atoms with Gasteiger partial charge in [-0.05, 0) is 43.4 Å². The van der Waals surface area contributed by atoms with Crippen LogP contribution in [0.25, 0.3) is 0 Å². The summed E-state index contributed by atoms with van der Waals surface area (Å²) in [5.74, 6) is -0.879. The maximum Gasteiger partial charge on any atom is 0.328 e. The molecule has 0 unspecified atom stereocenters. The lowest BCUT2D eigenvalue weighted by atomic mass is 10.2. The molecule has 116 valence electrons. The van der Waals surface area contributed by atoms with Crippen LogP contribution in [0.5, 0.6) is 0 Å². The summed E-state index contributed by atoms with van der Waals surface area (Å²) in [7, 11) is 0. The second kappa shape index (κ2) is 8.92. The summed E-state index contributed by atoms with van der Waals surface area (Å²) >= 11 is 7.38. The third kappa shape index (κ3) is 6.84. The minimum atomic E-state index is -1.26. The predicted octanol–water partition coefficient (Wildman–Crippen LogP) is 2.16. The molecule has 0 saturated heterocycles. The van der Waals surface area contributed by atoms with E-state index in [0.29, 0.717) is 11.4 Å². The van der Waals surface area contributed by atoms with Gasteiger partial charge in [-0.2, -0.15) is 0 Å². The number of rotatable bonds is 8. The van der Waals surface area contributed by atoms with Gasteiger partial charge < -0.3 is 15.5 Å². The van der Waals surface area contributed by atoms with E-state index >= 15 is 0 Å². The third-order valence-electron chi connectivity index (χ3n) is 2.70. The number of hydrogen-bond acceptors (Lipinski definition) is 4. The van der Waals surface area contributed by atoms with E-state index in [4.69, 9.17) is 16.7 Å². The highest BCUT2D eigenvalue weighted by Crippen LogP contribution is 2.21. The van der Waals surface area contributed by atoms with Crippen LogP contribution >= 0.6 is 23.4 Å². The molecule has 7 heteroatoms. The molecule has 0 bridgehead atoms. The van der Waals surface area contributed by atoms with Crippen LogP contribution < -0.4 is 5.32 Å². The van der Waals surface area contributed by atoms with Gasteiger partial charge in [0, 0.05) is 16.3 Å². The summed E-state index contributed by atoms with van der Waals surface area (Å²) in [6, 6.07) is 6.15. The van der Waals surface area contributed by atoms with Crippen LogP contribution in [0.15, 0.2) is 29.2 Å². The van der Waals surface area contributed by atoms with Crippen LogP contribution in [0, 0.1) is 0 Å². The first-order valence-corrected chi connectivity index (χ1v) is 7.85. The number of carbonyl (C=O) groups is 2. The number of carboxylic acids is 1. The lowest BCUT2D eigenvalue weighted by molar-refractivity contribution is -0.144. The number of aliphatic carboxylic acids is 1. The molecule has 0 aliphatic heterocycles. The zero-order chi connectivity index (χ0) is 15.8. The number of halogens is 1. The van der Waals surface area contributed by atoms with E-state index < -0.39 is 18.1 Å². The summed E-state index contributed by atoms with van der Waals surface area (Å²) in [6.07, 6.45) is -0.294. The first-order valence-electron chi connectivity index (χ1n) is 6.48. The van der Waals surface area contributed by atoms with Crippen molar-refractivity contribution >= 4 is 35.2 Å². The van der Waals surface area contributed by atoms with Crippen molar-refractivity contribution in [3.8, 4) is 0 Å². The van der Waals surface area contributed by atoms with Gasteiger partial charge in [-0.15, -0.1) is 11.8 Å². The van der Waals surface area contributed by atoms with Gasteiger partial charge in [-0.1, -0.05) is 11.6 Å². The highest BCUT2D eigenvalue weighted by molar-refractivity contribution is 7.99. The number of aliphatic hydroxyl groups is 1. The Bertz CT molecular complexity index is 478. The molecule has 5 nitrogen and oxygen atoms in total. The molecule has 0 saturated carbocycles. The van der Waals surface area contributed by atoms with Crippen LogP contribution in [0.3, 0.4) is 0 Å². The van der Waals surface area contributed by atoms with Crippen LogP contribution in [0.2, 0.25) is 5.02 Å². The van der Waals surface area contributed by atoms with Crippen molar-refractivity contribution in [1.29, 1.82) is 0 Å². The van der Waals surface area contributed by atoms with Crippen LogP contribution in [-0.4, -0.2) is 40.0 Å². The lowest BCUT2D eigenvalue weighted by Crippen LogP contribution is -2.47. The Morgan fingerprint density at radius 2 is 1.95 bits per heavy atom. The van der Waals surface area contributed by atoms with Crippen molar-refractivity contribution in [3.63, 3.8) is 0 Å². The average molecular weight is 332 g/mol. The largest absolute Gasteiger partial charge is 0.480 e. The fourth-order valence-electron chi connectivity index (χ4n) is 1.59. The van der Waals surface area contributed by atoms with Crippen molar-refractivity contribution in [2.75, 3.05) is 5.75 Å². The number of aliphatic hydroxyl groups excluding tert-OH is 1. The second-order valence-electron chi connectivity index (χ2n) is 4.53. The summed E-state index contributed by atoms with van der Waals surface area (Å²) in [5.41, 5.74) is 0. The maximum atomic E-state index is 11.6. The highest BCUT2D eigenvalue weighted by atomic mass is 35.5. The van der Waals surface area contributed by atoms with E-state index in [2.05, 4.69) is 5.32 Å². The fourth-order valence-corrected chi connectivity index (χ4v) is 2.57. The average Bonchev–Trinajstić information content (AvgIpc) is 2.42. The Kier molecular flexibility index (Phi) is 7.56. The van der Waals surface area contributed by atoms with Gasteiger partial charge in [0.25, 0.3) is 0 Å². The zero-order valence-corrected chi connectivity index (χ0v) is 13.2. The Morgan fingerprint density at radius 1 is 1.33 bits per heavy atom. The molecule has 1 amide bonds. The topological polar surface area (TPSA) is 86.6 Å². The molecule has 0 spiro atoms. The minimum Gasteiger partial charge on any atom is -0.480 e. The van der Waals surface area contributed by atoms with Gasteiger partial charge in [0.2, 0.25) is 5.91 Å². The number of nitrogens with one attached hydrogen (secondary N) is 1. The van der Waals surface area contributed by atoms with Gasteiger partial charge in [-0.25, -0.2) is 4.79 Å². The summed E-state index contributed by atoms with van der Waals surface area (Å²) in [6.45, 7) is 1.33. The van der Waals surface area contributed by atoms with Gasteiger partial charge in [0.05, 0.1) is 6.10 Å². The monoisotopic (exact) mass is 331 g/mol. The van der Waals surface area contributed by atoms with Crippen molar-refractivity contribution in [2.45, 2.75) is 36.8 Å². The first-order chi connectivity index (χ1) is 9.90. The molecule has 0 aliphatic carbocycles. The van der Waals surface area contributed by atoms with Crippen LogP contribution in [0.1, 0.15) is 19.8 Å². The van der Waals surface area contributed by atoms with Crippen molar-refractivity contribution in [1.82, 2.24) is 5.32 Å². The lowest BCUT2D eigenvalue weighted by Gasteiger charge is -2.16. The SMILES string of the molecule is C[C@@H](O)[C@H](NC(=O)CCCSc1ccc(Cl)cc1)C(=O)O. The molecular weight excluding hydrogens is 314 g/mol. The quantitative estimate of drug-likeness (QED) is 0.502. The fraction of sp³-hybridized carbons (Fsp3) is 0.429. The molecule has 0 radical (unpaired) electrons. The number of thioether (sulfide) groups is 1. The van der Waals surface area contributed by atoms with Crippen molar-refractivity contribution in [2.24, 2.45) is 0 Å². The smallest absolute Gasteiger partial charge is 0.328 e. The van der Waals surface area contributed by atoms with E-state index in [-0.39, 0.29) is 12.3 Å². The molecule has 0 aromatic heterocycles. The van der Waals surface area contributed by atoms with Crippen LogP contribution in [0.4, 0.5) is 0 Å². The Morgan fingerprint density at radius 3 is 2.48 bits per heavy atom. The maximum absolute atomic E-state index is 11.6. The number of amides is 1. The Balaban J connectivity index is 2.27. The zero-order valence-electron chi connectivity index (χ0n) is 11.6. The number of carbonyl (C=O) groups excluding carboxylic acids is 1. The van der Waals surface area contributed by atoms with E-state index in [1.807, 2.05) is 12.1 Å². The van der Waals surface area contributed by atoms with Crippen molar-refractivity contribution < 1.29 is 19.8 Å². The molecule has 21 heavy (non-hydrogen) atoms. The van der Waals surface area contributed by atoms with E-state index in [9.17, 15) is 14.7 Å². The van der Waals surface area contributed by atoms with Crippen LogP contribution in [-0.2, 0) is 9.59 Å². The first kappa shape index (κ1) is 17.8. The van der Waals surface area contributed by atoms with E-state index in [1.54, 1.807) is 23.9 Å². The van der Waals surface area contributed by atoms with E-state index in [0.717, 1.165) is 10.6 Å². The summed E-state index contributed by atoms with van der Waals surface area (Å²) < 4.78 is 0. The van der Waals surface area contributed by atoms with Gasteiger partial charge >= 0.3 is 5.97 Å². The molecule has 3 N–H and O–H groups in total. The number of benzene rings is 1. The molecule has 2 atom stereocenters. The molecule has 1 rings (SSSR count). The van der Waals surface area contributed by atoms with E-state index in [1.165, 1.54) is 6.92 Å². The number of hydrogen-bond donors (Lipinski definition) is 3. The molecule has 0 heterocycles. The second-order valence-corrected chi connectivity index (χ2v) is 6.13. The summed E-state index contributed by atoms with van der Waals surface area (Å²) in [4.78, 5) is 23.5. The molecule has 0 aliphatic rings. The van der Waals surface area contributed by atoms with Gasteiger partial charge in [0.15, 0.2) is 6.04 Å². The normalized spacial score (nSPS) is 13.5. The van der Waals surface area contributed by atoms with Gasteiger partial charge in [0.1, 0.15) is 0 Å². The molecular formula is C14H18ClNO4S. The minimum absolute atomic E-state index is 0.219. The summed E-state index contributed by atoms with van der Waals surface area (Å²) in [5, 5.41) is 21.1. The number of carboxylic acid groups (broad SMARTS) is 1. The molecule has 0 fully saturated rings. The Hall–Kier alpha value is -1.24. The highest BCUT2D eigenvalue weighted by Gasteiger charge is 2.24. The molecule has 1 aromatic rings. The molecule has 1 aromatic carbocycles. The standard InChI is InChI=1S/C14H18ClNO4S/c1-9(17)13(14(19)20)16-12(18)3-2-8-21-11-6-4-10(15)5-7-11/h4-7,9,13,17H,2-3,8H2,1H3,(H,16,18)(H,19,20)/t9-,13+/m1/s1.